The average Bonchev–Trinajstić information content (AvgIpc) is 2.47. The molecule has 3 aliphatic carbocycles. The van der Waals surface area contributed by atoms with Crippen molar-refractivity contribution in [2.24, 2.45) is 22.7 Å². The Hall–Kier alpha value is -1.07. The SMILES string of the molecule is C#C[C@H](O)[C@@]1(C)CC[C@H]2[C@@H](CCC3=CC(=O)CC[C@@]32C)C1. The first-order valence-electron chi connectivity index (χ1n) is 8.27. The number of aliphatic hydroxyl groups excluding tert-OH is 1. The van der Waals surface area contributed by atoms with Gasteiger partial charge in [-0.3, -0.25) is 4.79 Å². The summed E-state index contributed by atoms with van der Waals surface area (Å²) in [5.41, 5.74) is 1.47. The van der Waals surface area contributed by atoms with Gasteiger partial charge in [0.25, 0.3) is 0 Å². The molecule has 2 heteroatoms. The minimum atomic E-state index is -0.629. The fourth-order valence-corrected chi connectivity index (χ4v) is 5.25. The van der Waals surface area contributed by atoms with Crippen molar-refractivity contribution >= 4 is 5.78 Å². The van der Waals surface area contributed by atoms with Gasteiger partial charge in [0.05, 0.1) is 0 Å². The maximum absolute atomic E-state index is 11.7. The Morgan fingerprint density at radius 1 is 1.33 bits per heavy atom. The van der Waals surface area contributed by atoms with Crippen molar-refractivity contribution < 1.29 is 9.90 Å². The van der Waals surface area contributed by atoms with Gasteiger partial charge in [0.15, 0.2) is 5.78 Å². The van der Waals surface area contributed by atoms with Crippen LogP contribution in [0.3, 0.4) is 0 Å². The molecule has 21 heavy (non-hydrogen) atoms. The first-order chi connectivity index (χ1) is 9.89. The Kier molecular flexibility index (Phi) is 3.53. The van der Waals surface area contributed by atoms with Gasteiger partial charge >= 0.3 is 0 Å². The van der Waals surface area contributed by atoms with Crippen molar-refractivity contribution in [2.75, 3.05) is 0 Å². The molecule has 0 amide bonds. The number of ketones is 1. The fourth-order valence-electron chi connectivity index (χ4n) is 5.25. The highest BCUT2D eigenvalue weighted by atomic mass is 16.3. The molecule has 0 aromatic heterocycles. The van der Waals surface area contributed by atoms with E-state index in [-0.39, 0.29) is 10.8 Å². The molecule has 2 nitrogen and oxygen atoms in total. The summed E-state index contributed by atoms with van der Waals surface area (Å²) in [5, 5.41) is 10.2. The van der Waals surface area contributed by atoms with Crippen LogP contribution in [0.5, 0.6) is 0 Å². The van der Waals surface area contributed by atoms with Crippen LogP contribution in [0, 0.1) is 35.0 Å². The number of aliphatic hydroxyl groups is 1. The second-order valence-corrected chi connectivity index (χ2v) is 7.92. The minimum absolute atomic E-state index is 0.127. The molecule has 0 heterocycles. The second-order valence-electron chi connectivity index (χ2n) is 7.92. The summed E-state index contributed by atoms with van der Waals surface area (Å²) >= 11 is 0. The fraction of sp³-hybridized carbons (Fsp3) is 0.737. The van der Waals surface area contributed by atoms with Crippen LogP contribution in [0.4, 0.5) is 0 Å². The first-order valence-corrected chi connectivity index (χ1v) is 8.27. The molecule has 0 radical (unpaired) electrons. The van der Waals surface area contributed by atoms with Crippen LogP contribution >= 0.6 is 0 Å². The zero-order chi connectivity index (χ0) is 15.3. The van der Waals surface area contributed by atoms with E-state index in [1.54, 1.807) is 0 Å². The van der Waals surface area contributed by atoms with Gasteiger partial charge in [-0.2, -0.15) is 0 Å². The molecule has 114 valence electrons. The summed E-state index contributed by atoms with van der Waals surface area (Å²) in [7, 11) is 0. The molecular formula is C19H26O2. The third kappa shape index (κ3) is 2.27. The van der Waals surface area contributed by atoms with Crippen molar-refractivity contribution in [3.63, 3.8) is 0 Å². The van der Waals surface area contributed by atoms with Crippen LogP contribution < -0.4 is 0 Å². The van der Waals surface area contributed by atoms with Crippen LogP contribution in [0.1, 0.15) is 58.8 Å². The van der Waals surface area contributed by atoms with Crippen molar-refractivity contribution in [2.45, 2.75) is 64.9 Å². The first kappa shape index (κ1) is 14.9. The zero-order valence-corrected chi connectivity index (χ0v) is 13.2. The lowest BCUT2D eigenvalue weighted by Gasteiger charge is -2.55. The second kappa shape index (κ2) is 4.99. The summed E-state index contributed by atoms with van der Waals surface area (Å²) in [4.78, 5) is 11.7. The number of terminal acetylenes is 1. The van der Waals surface area contributed by atoms with E-state index in [4.69, 9.17) is 6.42 Å². The highest BCUT2D eigenvalue weighted by molar-refractivity contribution is 5.91. The summed E-state index contributed by atoms with van der Waals surface area (Å²) < 4.78 is 0. The van der Waals surface area contributed by atoms with E-state index in [1.807, 2.05) is 6.08 Å². The number of fused-ring (bicyclic) bond motifs is 3. The maximum Gasteiger partial charge on any atom is 0.155 e. The molecule has 0 bridgehead atoms. The highest BCUT2D eigenvalue weighted by Gasteiger charge is 2.51. The Morgan fingerprint density at radius 2 is 2.10 bits per heavy atom. The molecule has 2 fully saturated rings. The normalized spacial score (nSPS) is 44.1. The third-order valence-electron chi connectivity index (χ3n) is 6.70. The molecule has 0 spiro atoms. The van der Waals surface area contributed by atoms with Gasteiger partial charge in [-0.1, -0.05) is 25.3 Å². The van der Waals surface area contributed by atoms with Crippen LogP contribution in [-0.2, 0) is 4.79 Å². The number of allylic oxidation sites excluding steroid dienone is 2. The molecule has 3 aliphatic rings. The van der Waals surface area contributed by atoms with Gasteiger partial charge in [-0.25, -0.2) is 0 Å². The minimum Gasteiger partial charge on any atom is -0.380 e. The van der Waals surface area contributed by atoms with Crippen molar-refractivity contribution in [1.29, 1.82) is 0 Å². The van der Waals surface area contributed by atoms with E-state index in [2.05, 4.69) is 19.8 Å². The van der Waals surface area contributed by atoms with Crippen molar-refractivity contribution in [1.82, 2.24) is 0 Å². The Morgan fingerprint density at radius 3 is 2.81 bits per heavy atom. The van der Waals surface area contributed by atoms with Gasteiger partial charge in [-0.15, -0.1) is 6.42 Å². The van der Waals surface area contributed by atoms with E-state index in [9.17, 15) is 9.90 Å². The van der Waals surface area contributed by atoms with E-state index in [0.717, 1.165) is 38.5 Å². The zero-order valence-electron chi connectivity index (χ0n) is 13.2. The standard InChI is InChI=1S/C19H26O2/c1-4-17(21)18(2)9-8-16-13(12-18)5-6-14-11-15(20)7-10-19(14,16)3/h1,11,13,16-17,21H,5-10,12H2,2-3H3/t13-,16-,17-,18-,19-/m0/s1. The average molecular weight is 286 g/mol. The van der Waals surface area contributed by atoms with Crippen LogP contribution in [0.2, 0.25) is 0 Å². The smallest absolute Gasteiger partial charge is 0.155 e. The van der Waals surface area contributed by atoms with E-state index >= 15 is 0 Å². The third-order valence-corrected chi connectivity index (χ3v) is 6.70. The predicted molar refractivity (Wildman–Crippen MR) is 83.4 cm³/mol. The quantitative estimate of drug-likeness (QED) is 0.749. The molecule has 0 unspecified atom stereocenters. The van der Waals surface area contributed by atoms with E-state index < -0.39 is 6.10 Å². The predicted octanol–water partition coefficient (Wildman–Crippen LogP) is 3.49. The maximum atomic E-state index is 11.7. The Bertz CT molecular complexity index is 526. The Labute approximate surface area is 128 Å². The van der Waals surface area contributed by atoms with Crippen LogP contribution in [-0.4, -0.2) is 17.0 Å². The number of carbonyl (C=O) groups is 1. The molecule has 3 rings (SSSR count). The molecule has 0 aliphatic heterocycles. The molecule has 0 aromatic carbocycles. The summed E-state index contributed by atoms with van der Waals surface area (Å²) in [6.45, 7) is 4.51. The molecule has 5 atom stereocenters. The van der Waals surface area contributed by atoms with Gasteiger partial charge in [-0.05, 0) is 61.9 Å². The monoisotopic (exact) mass is 286 g/mol. The number of rotatable bonds is 1. The lowest BCUT2D eigenvalue weighted by atomic mass is 9.49. The summed E-state index contributed by atoms with van der Waals surface area (Å²) in [6, 6.07) is 0. The molecule has 0 saturated heterocycles. The lowest BCUT2D eigenvalue weighted by Crippen LogP contribution is -2.48. The molecular weight excluding hydrogens is 260 g/mol. The lowest BCUT2D eigenvalue weighted by molar-refractivity contribution is -0.117. The van der Waals surface area contributed by atoms with Gasteiger partial charge in [0.2, 0.25) is 0 Å². The number of hydrogen-bond acceptors (Lipinski definition) is 2. The van der Waals surface area contributed by atoms with Gasteiger partial charge in [0, 0.05) is 11.8 Å². The largest absolute Gasteiger partial charge is 0.380 e. The molecule has 1 N–H and O–H groups in total. The summed E-state index contributed by atoms with van der Waals surface area (Å²) in [6.07, 6.45) is 13.8. The number of hydrogen-bond donors (Lipinski definition) is 1. The van der Waals surface area contributed by atoms with Crippen LogP contribution in [0.15, 0.2) is 11.6 Å². The van der Waals surface area contributed by atoms with E-state index in [0.29, 0.717) is 24.0 Å². The van der Waals surface area contributed by atoms with E-state index in [1.165, 1.54) is 5.57 Å². The van der Waals surface area contributed by atoms with Gasteiger partial charge in [0.1, 0.15) is 6.10 Å². The number of carbonyl (C=O) groups excluding carboxylic acids is 1. The highest BCUT2D eigenvalue weighted by Crippen LogP contribution is 2.60. The van der Waals surface area contributed by atoms with Crippen molar-refractivity contribution in [3.05, 3.63) is 11.6 Å². The topological polar surface area (TPSA) is 37.3 Å². The molecule has 2 saturated carbocycles. The summed E-state index contributed by atoms with van der Waals surface area (Å²) in [5.74, 6) is 4.15. The van der Waals surface area contributed by atoms with Crippen LogP contribution in [0.25, 0.3) is 0 Å². The van der Waals surface area contributed by atoms with Gasteiger partial charge < -0.3 is 5.11 Å². The molecule has 0 aromatic rings. The Balaban J connectivity index is 1.85. The van der Waals surface area contributed by atoms with Crippen molar-refractivity contribution in [3.8, 4) is 12.3 Å².